The van der Waals surface area contributed by atoms with Crippen LogP contribution in [0, 0.1) is 0 Å². The standard InChI is InChI=1S/C14H18N2O3/c1-19-12-4-2-10(3-5-12)13(14(15)18)16-8-6-11(17)7-9-16/h2-5,13H,6-9H2,1H3,(H2,15,18). The molecule has 1 saturated heterocycles. The first-order chi connectivity index (χ1) is 9.11. The fourth-order valence-electron chi connectivity index (χ4n) is 2.37. The van der Waals surface area contributed by atoms with Crippen molar-refractivity contribution in [2.45, 2.75) is 18.9 Å². The van der Waals surface area contributed by atoms with Crippen molar-refractivity contribution in [3.8, 4) is 5.75 Å². The van der Waals surface area contributed by atoms with E-state index in [-0.39, 0.29) is 11.7 Å². The van der Waals surface area contributed by atoms with E-state index in [0.29, 0.717) is 25.9 Å². The number of carbonyl (C=O) groups is 2. The molecule has 1 aliphatic heterocycles. The molecule has 1 atom stereocenters. The number of rotatable bonds is 4. The number of Topliss-reactive ketones (excluding diaryl/α,β-unsaturated/α-hetero) is 1. The lowest BCUT2D eigenvalue weighted by atomic mass is 10.0. The van der Waals surface area contributed by atoms with Gasteiger partial charge in [0.1, 0.15) is 17.6 Å². The van der Waals surface area contributed by atoms with E-state index in [0.717, 1.165) is 11.3 Å². The Kier molecular flexibility index (Phi) is 4.16. The fraction of sp³-hybridized carbons (Fsp3) is 0.429. The van der Waals surface area contributed by atoms with Crippen LogP contribution in [0.2, 0.25) is 0 Å². The molecule has 2 N–H and O–H groups in total. The fourth-order valence-corrected chi connectivity index (χ4v) is 2.37. The highest BCUT2D eigenvalue weighted by Gasteiger charge is 2.28. The summed E-state index contributed by atoms with van der Waals surface area (Å²) in [6, 6.07) is 6.81. The van der Waals surface area contributed by atoms with Crippen molar-refractivity contribution in [2.75, 3.05) is 20.2 Å². The maximum absolute atomic E-state index is 11.7. The van der Waals surface area contributed by atoms with Crippen molar-refractivity contribution >= 4 is 11.7 Å². The number of carbonyl (C=O) groups excluding carboxylic acids is 2. The second kappa shape index (κ2) is 5.84. The zero-order valence-corrected chi connectivity index (χ0v) is 11.0. The van der Waals surface area contributed by atoms with E-state index in [9.17, 15) is 9.59 Å². The Balaban J connectivity index is 2.19. The molecular weight excluding hydrogens is 244 g/mol. The summed E-state index contributed by atoms with van der Waals surface area (Å²) in [7, 11) is 1.59. The molecule has 5 heteroatoms. The Morgan fingerprint density at radius 1 is 1.26 bits per heavy atom. The highest BCUT2D eigenvalue weighted by atomic mass is 16.5. The molecule has 0 aliphatic carbocycles. The van der Waals surface area contributed by atoms with E-state index in [1.807, 2.05) is 17.0 Å². The zero-order chi connectivity index (χ0) is 13.8. The summed E-state index contributed by atoms with van der Waals surface area (Å²) in [4.78, 5) is 24.9. The lowest BCUT2D eigenvalue weighted by Crippen LogP contribution is -2.42. The molecule has 0 saturated carbocycles. The normalized spacial score (nSPS) is 18.1. The van der Waals surface area contributed by atoms with E-state index in [2.05, 4.69) is 0 Å². The van der Waals surface area contributed by atoms with Gasteiger partial charge in [0, 0.05) is 25.9 Å². The number of primary amides is 1. The Labute approximate surface area is 112 Å². The summed E-state index contributed by atoms with van der Waals surface area (Å²) < 4.78 is 5.09. The highest BCUT2D eigenvalue weighted by molar-refractivity contribution is 5.83. The van der Waals surface area contributed by atoms with E-state index in [1.165, 1.54) is 0 Å². The topological polar surface area (TPSA) is 72.6 Å². The molecule has 0 spiro atoms. The lowest BCUT2D eigenvalue weighted by molar-refractivity contribution is -0.128. The molecule has 102 valence electrons. The third-order valence-electron chi connectivity index (χ3n) is 3.42. The van der Waals surface area contributed by atoms with Gasteiger partial charge in [-0.05, 0) is 17.7 Å². The molecule has 1 amide bonds. The number of amides is 1. The second-order valence-electron chi connectivity index (χ2n) is 4.65. The highest BCUT2D eigenvalue weighted by Crippen LogP contribution is 2.25. The molecular formula is C14H18N2O3. The Morgan fingerprint density at radius 3 is 2.32 bits per heavy atom. The average molecular weight is 262 g/mol. The third-order valence-corrected chi connectivity index (χ3v) is 3.42. The van der Waals surface area contributed by atoms with Crippen molar-refractivity contribution in [2.24, 2.45) is 5.73 Å². The average Bonchev–Trinajstić information content (AvgIpc) is 2.42. The van der Waals surface area contributed by atoms with Gasteiger partial charge in [-0.1, -0.05) is 12.1 Å². The first-order valence-electron chi connectivity index (χ1n) is 6.31. The molecule has 1 fully saturated rings. The van der Waals surface area contributed by atoms with Crippen molar-refractivity contribution in [3.63, 3.8) is 0 Å². The van der Waals surface area contributed by atoms with E-state index in [4.69, 9.17) is 10.5 Å². The van der Waals surface area contributed by atoms with Gasteiger partial charge in [-0.3, -0.25) is 14.5 Å². The number of piperidine rings is 1. The van der Waals surface area contributed by atoms with Crippen LogP contribution in [0.15, 0.2) is 24.3 Å². The molecule has 1 aromatic carbocycles. The van der Waals surface area contributed by atoms with Crippen molar-refractivity contribution in [3.05, 3.63) is 29.8 Å². The van der Waals surface area contributed by atoms with E-state index in [1.54, 1.807) is 19.2 Å². The number of ether oxygens (including phenoxy) is 1. The molecule has 0 bridgehead atoms. The van der Waals surface area contributed by atoms with Crippen LogP contribution < -0.4 is 10.5 Å². The molecule has 0 aromatic heterocycles. The molecule has 5 nitrogen and oxygen atoms in total. The van der Waals surface area contributed by atoms with Crippen LogP contribution in [0.5, 0.6) is 5.75 Å². The van der Waals surface area contributed by atoms with Gasteiger partial charge >= 0.3 is 0 Å². The minimum Gasteiger partial charge on any atom is -0.497 e. The summed E-state index contributed by atoms with van der Waals surface area (Å²) in [6.45, 7) is 1.16. The van der Waals surface area contributed by atoms with E-state index < -0.39 is 6.04 Å². The molecule has 19 heavy (non-hydrogen) atoms. The van der Waals surface area contributed by atoms with E-state index >= 15 is 0 Å². The Hall–Kier alpha value is -1.88. The predicted octanol–water partition coefficient (Wildman–Crippen LogP) is 0.886. The quantitative estimate of drug-likeness (QED) is 0.874. The minimum absolute atomic E-state index is 0.245. The summed E-state index contributed by atoms with van der Waals surface area (Å²) in [5.74, 6) is 0.592. The van der Waals surface area contributed by atoms with Gasteiger partial charge in [0.15, 0.2) is 0 Å². The van der Waals surface area contributed by atoms with Crippen LogP contribution in [0.1, 0.15) is 24.4 Å². The van der Waals surface area contributed by atoms with Crippen molar-refractivity contribution in [1.82, 2.24) is 4.90 Å². The van der Waals surface area contributed by atoms with Gasteiger partial charge in [0.2, 0.25) is 5.91 Å². The number of benzene rings is 1. The summed E-state index contributed by atoms with van der Waals surface area (Å²) >= 11 is 0. The molecule has 2 rings (SSSR count). The molecule has 1 heterocycles. The molecule has 1 aliphatic rings. The van der Waals surface area contributed by atoms with Crippen LogP contribution >= 0.6 is 0 Å². The van der Waals surface area contributed by atoms with Crippen LogP contribution in [-0.2, 0) is 9.59 Å². The lowest BCUT2D eigenvalue weighted by Gasteiger charge is -2.32. The molecule has 0 radical (unpaired) electrons. The smallest absolute Gasteiger partial charge is 0.239 e. The van der Waals surface area contributed by atoms with Gasteiger partial charge in [0.05, 0.1) is 7.11 Å². The number of methoxy groups -OCH3 is 1. The van der Waals surface area contributed by atoms with Crippen LogP contribution in [0.3, 0.4) is 0 Å². The summed E-state index contributed by atoms with van der Waals surface area (Å²) in [5, 5.41) is 0. The van der Waals surface area contributed by atoms with Gasteiger partial charge in [0.25, 0.3) is 0 Å². The SMILES string of the molecule is COc1ccc(C(C(N)=O)N2CCC(=O)CC2)cc1. The van der Waals surface area contributed by atoms with Gasteiger partial charge in [-0.25, -0.2) is 0 Å². The first-order valence-corrected chi connectivity index (χ1v) is 6.31. The third kappa shape index (κ3) is 3.12. The molecule has 1 unspecified atom stereocenters. The Bertz CT molecular complexity index is 460. The number of nitrogens with two attached hydrogens (primary N) is 1. The maximum atomic E-state index is 11.7. The maximum Gasteiger partial charge on any atom is 0.239 e. The molecule has 1 aromatic rings. The van der Waals surface area contributed by atoms with Gasteiger partial charge in [-0.2, -0.15) is 0 Å². The minimum atomic E-state index is -0.473. The first kappa shape index (κ1) is 13.5. The predicted molar refractivity (Wildman–Crippen MR) is 70.7 cm³/mol. The van der Waals surface area contributed by atoms with Crippen molar-refractivity contribution < 1.29 is 14.3 Å². The zero-order valence-electron chi connectivity index (χ0n) is 11.0. The summed E-state index contributed by atoms with van der Waals surface area (Å²) in [5.41, 5.74) is 6.34. The van der Waals surface area contributed by atoms with Crippen LogP contribution in [0.25, 0.3) is 0 Å². The second-order valence-corrected chi connectivity index (χ2v) is 4.65. The number of hydrogen-bond donors (Lipinski definition) is 1. The van der Waals surface area contributed by atoms with Crippen LogP contribution in [-0.4, -0.2) is 36.8 Å². The van der Waals surface area contributed by atoms with Gasteiger partial charge in [-0.15, -0.1) is 0 Å². The number of hydrogen-bond acceptors (Lipinski definition) is 4. The monoisotopic (exact) mass is 262 g/mol. The number of ketones is 1. The van der Waals surface area contributed by atoms with Crippen molar-refractivity contribution in [1.29, 1.82) is 0 Å². The van der Waals surface area contributed by atoms with Crippen LogP contribution in [0.4, 0.5) is 0 Å². The number of likely N-dealkylation sites (tertiary alicyclic amines) is 1. The van der Waals surface area contributed by atoms with Gasteiger partial charge < -0.3 is 10.5 Å². The summed E-state index contributed by atoms with van der Waals surface area (Å²) in [6.07, 6.45) is 0.972. The Morgan fingerprint density at radius 2 is 1.84 bits per heavy atom. The largest absolute Gasteiger partial charge is 0.497 e. The number of nitrogens with zero attached hydrogens (tertiary/aromatic N) is 1.